The second-order valence-electron chi connectivity index (χ2n) is 4.37. The van der Waals surface area contributed by atoms with E-state index in [0.717, 1.165) is 18.4 Å². The van der Waals surface area contributed by atoms with Crippen molar-refractivity contribution in [3.63, 3.8) is 0 Å². The first-order valence-corrected chi connectivity index (χ1v) is 6.08. The highest BCUT2D eigenvalue weighted by molar-refractivity contribution is 6.01. The van der Waals surface area contributed by atoms with Gasteiger partial charge >= 0.3 is 0 Å². The number of aliphatic imine (C=N–C) groups is 1. The van der Waals surface area contributed by atoms with E-state index in [2.05, 4.69) is 4.99 Å². The van der Waals surface area contributed by atoms with E-state index in [0.29, 0.717) is 11.8 Å². The summed E-state index contributed by atoms with van der Waals surface area (Å²) in [6.45, 7) is -0.458. The Morgan fingerprint density at radius 3 is 2.44 bits per heavy atom. The number of halogens is 1. The molecule has 1 saturated carbocycles. The third-order valence-electron chi connectivity index (χ3n) is 3.15. The number of alkyl halides is 1. The van der Waals surface area contributed by atoms with Crippen LogP contribution in [0.4, 0.5) is 4.39 Å². The average molecular weight is 219 g/mol. The molecule has 1 fully saturated rings. The van der Waals surface area contributed by atoms with Crippen molar-refractivity contribution in [2.24, 2.45) is 4.99 Å². The highest BCUT2D eigenvalue weighted by Gasteiger charge is 2.13. The maximum Gasteiger partial charge on any atom is 0.132 e. The van der Waals surface area contributed by atoms with Crippen LogP contribution in [0.5, 0.6) is 0 Å². The monoisotopic (exact) mass is 219 g/mol. The normalized spacial score (nSPS) is 18.7. The summed E-state index contributed by atoms with van der Waals surface area (Å²) in [5, 5.41) is 0. The molecule has 0 amide bonds. The Kier molecular flexibility index (Phi) is 4.09. The summed E-state index contributed by atoms with van der Waals surface area (Å²) in [6.07, 6.45) is 6.03. The molecule has 1 aliphatic rings. The molecule has 0 spiro atoms. The van der Waals surface area contributed by atoms with Crippen LogP contribution in [0.15, 0.2) is 35.3 Å². The van der Waals surface area contributed by atoms with E-state index < -0.39 is 6.67 Å². The van der Waals surface area contributed by atoms with E-state index in [1.807, 2.05) is 30.3 Å². The van der Waals surface area contributed by atoms with E-state index in [1.165, 1.54) is 19.3 Å². The van der Waals surface area contributed by atoms with Gasteiger partial charge in [0.15, 0.2) is 0 Å². The first-order chi connectivity index (χ1) is 7.90. The topological polar surface area (TPSA) is 12.4 Å². The quantitative estimate of drug-likeness (QED) is 0.686. The molecular weight excluding hydrogens is 201 g/mol. The molecule has 2 rings (SSSR count). The lowest BCUT2D eigenvalue weighted by molar-refractivity contribution is 0.441. The fourth-order valence-corrected chi connectivity index (χ4v) is 2.25. The summed E-state index contributed by atoms with van der Waals surface area (Å²) in [5.74, 6) is 0. The van der Waals surface area contributed by atoms with Gasteiger partial charge in [-0.25, -0.2) is 4.39 Å². The summed E-state index contributed by atoms with van der Waals surface area (Å²) < 4.78 is 13.0. The minimum absolute atomic E-state index is 0.347. The summed E-state index contributed by atoms with van der Waals surface area (Å²) in [6, 6.07) is 10.0. The highest BCUT2D eigenvalue weighted by atomic mass is 19.1. The van der Waals surface area contributed by atoms with Gasteiger partial charge in [0.05, 0.1) is 11.8 Å². The van der Waals surface area contributed by atoms with Gasteiger partial charge in [-0.3, -0.25) is 4.99 Å². The Labute approximate surface area is 96.4 Å². The second kappa shape index (κ2) is 5.78. The van der Waals surface area contributed by atoms with Crippen LogP contribution >= 0.6 is 0 Å². The molecule has 1 aromatic rings. The summed E-state index contributed by atoms with van der Waals surface area (Å²) >= 11 is 0. The molecule has 0 unspecified atom stereocenters. The van der Waals surface area contributed by atoms with Gasteiger partial charge in [-0.1, -0.05) is 49.6 Å². The van der Waals surface area contributed by atoms with Crippen molar-refractivity contribution in [3.05, 3.63) is 35.9 Å². The summed E-state index contributed by atoms with van der Waals surface area (Å²) in [5.41, 5.74) is 1.54. The van der Waals surface area contributed by atoms with Crippen LogP contribution in [0.1, 0.15) is 37.7 Å². The molecular formula is C14H18FN. The first kappa shape index (κ1) is 11.3. The minimum atomic E-state index is -0.458. The number of benzene rings is 1. The van der Waals surface area contributed by atoms with Crippen molar-refractivity contribution in [1.29, 1.82) is 0 Å². The van der Waals surface area contributed by atoms with Gasteiger partial charge in [-0.2, -0.15) is 0 Å². The number of nitrogens with zero attached hydrogens (tertiary/aromatic N) is 1. The van der Waals surface area contributed by atoms with Gasteiger partial charge < -0.3 is 0 Å². The molecule has 0 saturated heterocycles. The Morgan fingerprint density at radius 2 is 1.81 bits per heavy atom. The smallest absolute Gasteiger partial charge is 0.132 e. The SMILES string of the molecule is FCC(=NC1CCCCC1)c1ccccc1. The molecule has 1 aromatic carbocycles. The van der Waals surface area contributed by atoms with Crippen LogP contribution in [-0.4, -0.2) is 18.4 Å². The van der Waals surface area contributed by atoms with E-state index in [1.54, 1.807) is 0 Å². The molecule has 0 aromatic heterocycles. The fraction of sp³-hybridized carbons (Fsp3) is 0.500. The van der Waals surface area contributed by atoms with Gasteiger partial charge in [0, 0.05) is 0 Å². The zero-order valence-electron chi connectivity index (χ0n) is 9.53. The Bertz CT molecular complexity index is 339. The van der Waals surface area contributed by atoms with Crippen LogP contribution in [0.2, 0.25) is 0 Å². The Balaban J connectivity index is 2.12. The third kappa shape index (κ3) is 2.91. The van der Waals surface area contributed by atoms with Crippen molar-refractivity contribution in [1.82, 2.24) is 0 Å². The van der Waals surface area contributed by atoms with Gasteiger partial charge in [-0.15, -0.1) is 0 Å². The largest absolute Gasteiger partial charge is 0.283 e. The van der Waals surface area contributed by atoms with Crippen molar-refractivity contribution >= 4 is 5.71 Å². The zero-order valence-corrected chi connectivity index (χ0v) is 9.53. The van der Waals surface area contributed by atoms with E-state index in [9.17, 15) is 4.39 Å². The lowest BCUT2D eigenvalue weighted by atomic mass is 9.95. The van der Waals surface area contributed by atoms with Gasteiger partial charge in [0.2, 0.25) is 0 Å². The van der Waals surface area contributed by atoms with E-state index >= 15 is 0 Å². The maximum atomic E-state index is 13.0. The van der Waals surface area contributed by atoms with Crippen LogP contribution in [0, 0.1) is 0 Å². The first-order valence-electron chi connectivity index (χ1n) is 6.08. The van der Waals surface area contributed by atoms with Crippen molar-refractivity contribution in [3.8, 4) is 0 Å². The molecule has 0 aliphatic heterocycles. The molecule has 2 heteroatoms. The van der Waals surface area contributed by atoms with Crippen molar-refractivity contribution < 1.29 is 4.39 Å². The molecule has 0 radical (unpaired) electrons. The lowest BCUT2D eigenvalue weighted by Gasteiger charge is -2.18. The summed E-state index contributed by atoms with van der Waals surface area (Å²) in [4.78, 5) is 4.57. The van der Waals surface area contributed by atoms with Gasteiger partial charge in [0.25, 0.3) is 0 Å². The molecule has 0 N–H and O–H groups in total. The second-order valence-corrected chi connectivity index (χ2v) is 4.37. The van der Waals surface area contributed by atoms with Crippen LogP contribution < -0.4 is 0 Å². The molecule has 0 heterocycles. The number of hydrogen-bond donors (Lipinski definition) is 0. The number of hydrogen-bond acceptors (Lipinski definition) is 1. The fourth-order valence-electron chi connectivity index (χ4n) is 2.25. The van der Waals surface area contributed by atoms with Crippen LogP contribution in [0.3, 0.4) is 0 Å². The average Bonchev–Trinajstić information content (AvgIpc) is 2.38. The number of rotatable bonds is 3. The lowest BCUT2D eigenvalue weighted by Crippen LogP contribution is -2.14. The van der Waals surface area contributed by atoms with Crippen LogP contribution in [-0.2, 0) is 0 Å². The highest BCUT2D eigenvalue weighted by Crippen LogP contribution is 2.21. The standard InChI is InChI=1S/C14H18FN/c15-11-14(12-7-3-1-4-8-12)16-13-9-5-2-6-10-13/h1,3-4,7-8,13H,2,5-6,9-11H2. The Morgan fingerprint density at radius 1 is 1.12 bits per heavy atom. The molecule has 1 nitrogen and oxygen atoms in total. The van der Waals surface area contributed by atoms with E-state index in [-0.39, 0.29) is 0 Å². The third-order valence-corrected chi connectivity index (χ3v) is 3.15. The molecule has 86 valence electrons. The molecule has 16 heavy (non-hydrogen) atoms. The maximum absolute atomic E-state index is 13.0. The predicted molar refractivity (Wildman–Crippen MR) is 65.8 cm³/mol. The molecule has 0 atom stereocenters. The molecule has 0 bridgehead atoms. The van der Waals surface area contributed by atoms with E-state index in [4.69, 9.17) is 0 Å². The van der Waals surface area contributed by atoms with Crippen LogP contribution in [0.25, 0.3) is 0 Å². The minimum Gasteiger partial charge on any atom is -0.283 e. The van der Waals surface area contributed by atoms with Gasteiger partial charge in [0.1, 0.15) is 6.67 Å². The van der Waals surface area contributed by atoms with Crippen molar-refractivity contribution in [2.75, 3.05) is 6.67 Å². The zero-order chi connectivity index (χ0) is 11.2. The predicted octanol–water partition coefficient (Wildman–Crippen LogP) is 3.78. The van der Waals surface area contributed by atoms with Crippen molar-refractivity contribution in [2.45, 2.75) is 38.1 Å². The van der Waals surface area contributed by atoms with Gasteiger partial charge in [-0.05, 0) is 18.4 Å². The summed E-state index contributed by atoms with van der Waals surface area (Å²) in [7, 11) is 0. The molecule has 1 aliphatic carbocycles. The Hall–Kier alpha value is -1.18.